The lowest BCUT2D eigenvalue weighted by Crippen LogP contribution is -2.39. The van der Waals surface area contributed by atoms with Crippen molar-refractivity contribution in [3.63, 3.8) is 0 Å². The van der Waals surface area contributed by atoms with Crippen molar-refractivity contribution in [2.24, 2.45) is 88.3 Å². The largest absolute Gasteiger partial charge is 0.480 e. The molecule has 0 aromatic carbocycles. The molecule has 0 amide bonds. The third-order valence-electron chi connectivity index (χ3n) is 17.4. The zero-order chi connectivity index (χ0) is 53.8. The highest BCUT2D eigenvalue weighted by Crippen LogP contribution is 2.38. The minimum atomic E-state index is -1.69. The first-order valence-electron chi connectivity index (χ1n) is 31.9. The van der Waals surface area contributed by atoms with Crippen LogP contribution in [-0.4, -0.2) is 22.2 Å². The molecule has 2 N–H and O–H groups in total. The summed E-state index contributed by atoms with van der Waals surface area (Å²) in [6.45, 7) is 37.8. The molecule has 0 saturated carbocycles. The lowest BCUT2D eigenvalue weighted by Gasteiger charge is -2.28. The van der Waals surface area contributed by atoms with E-state index in [1.807, 2.05) is 0 Å². The summed E-state index contributed by atoms with van der Waals surface area (Å²) >= 11 is 0. The first-order chi connectivity index (χ1) is 33.4. The second kappa shape index (κ2) is 42.1. The number of hydrogen-bond donors (Lipinski definition) is 2. The molecule has 71 heavy (non-hydrogen) atoms. The van der Waals surface area contributed by atoms with Crippen LogP contribution in [0.5, 0.6) is 0 Å². The minimum absolute atomic E-state index is 0.260. The zero-order valence-electron chi connectivity index (χ0n) is 51.3. The van der Waals surface area contributed by atoms with Crippen molar-refractivity contribution in [1.82, 2.24) is 0 Å². The fourth-order valence-electron chi connectivity index (χ4n) is 12.0. The van der Waals surface area contributed by atoms with E-state index in [-0.39, 0.29) is 12.8 Å². The average Bonchev–Trinajstić information content (AvgIpc) is 3.27. The van der Waals surface area contributed by atoms with Crippen molar-refractivity contribution >= 4 is 11.9 Å². The van der Waals surface area contributed by atoms with Crippen LogP contribution >= 0.6 is 0 Å². The van der Waals surface area contributed by atoms with Crippen LogP contribution in [-0.2, 0) is 9.59 Å². The molecule has 0 heterocycles. The molecular formula is C67H132O4. The molecule has 0 atom stereocenters. The van der Waals surface area contributed by atoms with Gasteiger partial charge in [-0.1, -0.05) is 316 Å². The Bertz CT molecular complexity index is 1020. The Kier molecular flexibility index (Phi) is 41.5. The summed E-state index contributed by atoms with van der Waals surface area (Å²) in [5.41, 5.74) is -1.69. The molecule has 0 aliphatic rings. The number of carboxylic acid groups (broad SMARTS) is 2. The van der Waals surface area contributed by atoms with E-state index in [2.05, 4.69) is 111 Å². The summed E-state index contributed by atoms with van der Waals surface area (Å²) < 4.78 is 0. The third kappa shape index (κ3) is 39.1. The number of rotatable bonds is 50. The fourth-order valence-corrected chi connectivity index (χ4v) is 12.0. The molecule has 0 spiro atoms. The lowest BCUT2D eigenvalue weighted by molar-refractivity contribution is -0.166. The Morgan fingerprint density at radius 2 is 0.380 bits per heavy atom. The predicted octanol–water partition coefficient (Wildman–Crippen LogP) is 22.4. The summed E-state index contributed by atoms with van der Waals surface area (Å²) in [5.74, 6) is 7.98. The van der Waals surface area contributed by atoms with E-state index in [1.165, 1.54) is 180 Å². The number of carboxylic acids is 2. The molecular weight excluding hydrogens is 869 g/mol. The van der Waals surface area contributed by atoms with E-state index in [4.69, 9.17) is 0 Å². The summed E-state index contributed by atoms with van der Waals surface area (Å²) in [4.78, 5) is 26.6. The van der Waals surface area contributed by atoms with E-state index < -0.39 is 17.4 Å². The van der Waals surface area contributed by atoms with Crippen molar-refractivity contribution < 1.29 is 19.8 Å². The number of aliphatic carboxylic acids is 2. The van der Waals surface area contributed by atoms with Crippen molar-refractivity contribution in [2.45, 2.75) is 329 Å². The SMILES string of the molecule is CC(C)CCC(CCCC(CCCC(CCC(C)C)CCC(C)C)CCCC(CCCC(CCCC(CCC(C)C)CCC(C)C)CCCC(CCC(C)C)CCC(C)C)(C(=O)O)C(=O)O)CCC(C)C. The predicted molar refractivity (Wildman–Crippen MR) is 314 cm³/mol. The van der Waals surface area contributed by atoms with Crippen LogP contribution in [0.25, 0.3) is 0 Å². The Morgan fingerprint density at radius 3 is 0.521 bits per heavy atom. The quantitative estimate of drug-likeness (QED) is 0.0596. The molecule has 4 heteroatoms. The van der Waals surface area contributed by atoms with E-state index in [0.29, 0.717) is 24.7 Å². The van der Waals surface area contributed by atoms with Crippen LogP contribution in [0.1, 0.15) is 329 Å². The summed E-state index contributed by atoms with van der Waals surface area (Å²) in [5, 5.41) is 21.7. The minimum Gasteiger partial charge on any atom is -0.480 e. The highest BCUT2D eigenvalue weighted by atomic mass is 16.4. The average molecular weight is 1000 g/mol. The Hall–Kier alpha value is -1.06. The van der Waals surface area contributed by atoms with Gasteiger partial charge in [0.25, 0.3) is 0 Å². The second-order valence-electron chi connectivity index (χ2n) is 28.2. The molecule has 0 unspecified atom stereocenters. The summed E-state index contributed by atoms with van der Waals surface area (Å²) in [6, 6.07) is 0. The first kappa shape index (κ1) is 69.9. The maximum atomic E-state index is 13.3. The van der Waals surface area contributed by atoms with Gasteiger partial charge in [0.15, 0.2) is 5.41 Å². The highest BCUT2D eigenvalue weighted by molar-refractivity contribution is 5.98. The monoisotopic (exact) mass is 1000 g/mol. The van der Waals surface area contributed by atoms with E-state index in [1.54, 1.807) is 0 Å². The van der Waals surface area contributed by atoms with Gasteiger partial charge < -0.3 is 10.2 Å². The summed E-state index contributed by atoms with van der Waals surface area (Å²) in [6.07, 6.45) is 39.9. The fraction of sp³-hybridized carbons (Fsp3) is 0.970. The van der Waals surface area contributed by atoms with Gasteiger partial charge in [-0.15, -0.1) is 0 Å². The van der Waals surface area contributed by atoms with E-state index in [9.17, 15) is 19.8 Å². The van der Waals surface area contributed by atoms with Crippen molar-refractivity contribution in [2.75, 3.05) is 0 Å². The van der Waals surface area contributed by atoms with E-state index in [0.717, 1.165) is 83.9 Å². The van der Waals surface area contributed by atoms with Gasteiger partial charge in [-0.2, -0.15) is 0 Å². The second-order valence-corrected chi connectivity index (χ2v) is 28.2. The Labute approximate surface area is 447 Å². The standard InChI is InChI=1S/C67H132O4/c1-51(2)33-41-61(42-34-52(3)4)27-17-23-59(24-18-28-62(43-35-53(5)6)44-36-54(7)8)31-21-49-67(65(68)69,66(70)71)50-22-32-60(25-19-29-63(45-37-55(9)10)46-38-56(11)12)26-20-30-64(47-39-57(13)14)48-40-58(15)16/h51-64H,17-50H2,1-16H3,(H,68,69)(H,70,71). The van der Waals surface area contributed by atoms with Gasteiger partial charge in [-0.3, -0.25) is 9.59 Å². The van der Waals surface area contributed by atoms with Crippen LogP contribution in [0, 0.1) is 88.3 Å². The molecule has 424 valence electrons. The molecule has 0 aromatic heterocycles. The van der Waals surface area contributed by atoms with Gasteiger partial charge in [0, 0.05) is 0 Å². The maximum absolute atomic E-state index is 13.3. The zero-order valence-corrected chi connectivity index (χ0v) is 51.3. The normalized spacial score (nSPS) is 13.0. The van der Waals surface area contributed by atoms with E-state index >= 15 is 0 Å². The first-order valence-corrected chi connectivity index (χ1v) is 31.9. The van der Waals surface area contributed by atoms with Gasteiger partial charge >= 0.3 is 11.9 Å². The maximum Gasteiger partial charge on any atom is 0.321 e. The van der Waals surface area contributed by atoms with Gasteiger partial charge in [-0.05, 0) is 95.7 Å². The molecule has 0 aromatic rings. The molecule has 0 saturated heterocycles. The van der Waals surface area contributed by atoms with Crippen LogP contribution in [0.2, 0.25) is 0 Å². The van der Waals surface area contributed by atoms with Crippen molar-refractivity contribution in [3.8, 4) is 0 Å². The van der Waals surface area contributed by atoms with Gasteiger partial charge in [0.1, 0.15) is 0 Å². The molecule has 0 aliphatic heterocycles. The van der Waals surface area contributed by atoms with Crippen LogP contribution < -0.4 is 0 Å². The molecule has 0 aliphatic carbocycles. The molecule has 0 bridgehead atoms. The van der Waals surface area contributed by atoms with Crippen LogP contribution in [0.3, 0.4) is 0 Å². The molecule has 0 radical (unpaired) electrons. The van der Waals surface area contributed by atoms with Gasteiger partial charge in [0.2, 0.25) is 0 Å². The Balaban J connectivity index is 6.27. The summed E-state index contributed by atoms with van der Waals surface area (Å²) in [7, 11) is 0. The van der Waals surface area contributed by atoms with Crippen LogP contribution in [0.15, 0.2) is 0 Å². The molecule has 0 rings (SSSR count). The Morgan fingerprint density at radius 1 is 0.239 bits per heavy atom. The van der Waals surface area contributed by atoms with Crippen LogP contribution in [0.4, 0.5) is 0 Å². The number of hydrogen-bond acceptors (Lipinski definition) is 2. The third-order valence-corrected chi connectivity index (χ3v) is 17.4. The smallest absolute Gasteiger partial charge is 0.321 e. The molecule has 4 nitrogen and oxygen atoms in total. The topological polar surface area (TPSA) is 74.6 Å². The highest BCUT2D eigenvalue weighted by Gasteiger charge is 2.45. The van der Waals surface area contributed by atoms with Gasteiger partial charge in [-0.25, -0.2) is 0 Å². The van der Waals surface area contributed by atoms with Crippen molar-refractivity contribution in [1.29, 1.82) is 0 Å². The number of carbonyl (C=O) groups is 2. The van der Waals surface area contributed by atoms with Crippen molar-refractivity contribution in [3.05, 3.63) is 0 Å². The van der Waals surface area contributed by atoms with Gasteiger partial charge in [0.05, 0.1) is 0 Å². The molecule has 0 fully saturated rings. The lowest BCUT2D eigenvalue weighted by atomic mass is 9.75.